The summed E-state index contributed by atoms with van der Waals surface area (Å²) in [5.74, 6) is 0.130. The number of thiazole rings is 1. The van der Waals surface area contributed by atoms with Crippen LogP contribution in [0.3, 0.4) is 0 Å². The molecule has 0 saturated carbocycles. The quantitative estimate of drug-likeness (QED) is 0.829. The molecule has 16 heavy (non-hydrogen) atoms. The molecular weight excluding hydrogens is 222 g/mol. The number of aromatic nitrogens is 1. The van der Waals surface area contributed by atoms with Gasteiger partial charge in [0.2, 0.25) is 5.91 Å². The number of hydrogen-bond donors (Lipinski definition) is 2. The fraction of sp³-hybridized carbons (Fsp3) is 0.636. The van der Waals surface area contributed by atoms with E-state index in [1.54, 1.807) is 11.3 Å². The van der Waals surface area contributed by atoms with Crippen LogP contribution in [-0.2, 0) is 11.3 Å². The summed E-state index contributed by atoms with van der Waals surface area (Å²) < 4.78 is 0. The summed E-state index contributed by atoms with van der Waals surface area (Å²) in [6.07, 6.45) is 0.912. The van der Waals surface area contributed by atoms with Crippen LogP contribution in [0.4, 0.5) is 0 Å². The van der Waals surface area contributed by atoms with Gasteiger partial charge < -0.3 is 10.6 Å². The zero-order chi connectivity index (χ0) is 11.6. The Balaban J connectivity index is 1.88. The number of hydrogen-bond acceptors (Lipinski definition) is 4. The van der Waals surface area contributed by atoms with Crippen molar-refractivity contribution in [3.63, 3.8) is 0 Å². The summed E-state index contributed by atoms with van der Waals surface area (Å²) in [7, 11) is 0. The van der Waals surface area contributed by atoms with E-state index in [0.29, 0.717) is 6.54 Å². The van der Waals surface area contributed by atoms with Gasteiger partial charge in [0, 0.05) is 17.6 Å². The van der Waals surface area contributed by atoms with Crippen molar-refractivity contribution >= 4 is 17.2 Å². The average Bonchev–Trinajstić information content (AvgIpc) is 2.85. The molecular formula is C11H17N3OS. The van der Waals surface area contributed by atoms with E-state index >= 15 is 0 Å². The van der Waals surface area contributed by atoms with Crippen molar-refractivity contribution in [2.75, 3.05) is 13.1 Å². The van der Waals surface area contributed by atoms with E-state index < -0.39 is 0 Å². The zero-order valence-electron chi connectivity index (χ0n) is 9.67. The smallest absolute Gasteiger partial charge is 0.227 e. The molecule has 0 aliphatic carbocycles. The van der Waals surface area contributed by atoms with E-state index in [0.717, 1.165) is 30.2 Å². The van der Waals surface area contributed by atoms with Crippen molar-refractivity contribution in [1.82, 2.24) is 15.6 Å². The second-order valence-electron chi connectivity index (χ2n) is 4.55. The summed E-state index contributed by atoms with van der Waals surface area (Å²) in [4.78, 5) is 16.3. The molecule has 2 heterocycles. The third kappa shape index (κ3) is 2.41. The predicted molar refractivity (Wildman–Crippen MR) is 64.3 cm³/mol. The van der Waals surface area contributed by atoms with Gasteiger partial charge in [-0.1, -0.05) is 0 Å². The highest BCUT2D eigenvalue weighted by Crippen LogP contribution is 2.24. The maximum atomic E-state index is 12.0. The number of amides is 1. The third-order valence-corrected chi connectivity index (χ3v) is 3.95. The van der Waals surface area contributed by atoms with Gasteiger partial charge in [0.1, 0.15) is 5.01 Å². The summed E-state index contributed by atoms with van der Waals surface area (Å²) in [6.45, 7) is 6.22. The lowest BCUT2D eigenvalue weighted by molar-refractivity contribution is -0.129. The molecule has 1 amide bonds. The molecule has 88 valence electrons. The van der Waals surface area contributed by atoms with Gasteiger partial charge in [-0.2, -0.15) is 0 Å². The van der Waals surface area contributed by atoms with Gasteiger partial charge >= 0.3 is 0 Å². The van der Waals surface area contributed by atoms with Gasteiger partial charge in [-0.3, -0.25) is 4.79 Å². The second kappa shape index (κ2) is 4.51. The van der Waals surface area contributed by atoms with Crippen LogP contribution < -0.4 is 10.6 Å². The summed E-state index contributed by atoms with van der Waals surface area (Å²) in [5.41, 5.74) is 0.773. The van der Waals surface area contributed by atoms with Gasteiger partial charge in [0.25, 0.3) is 0 Å². The fourth-order valence-electron chi connectivity index (χ4n) is 1.86. The van der Waals surface area contributed by atoms with Gasteiger partial charge in [-0.25, -0.2) is 4.98 Å². The van der Waals surface area contributed by atoms with Crippen molar-refractivity contribution in [2.45, 2.75) is 26.8 Å². The van der Waals surface area contributed by atoms with Gasteiger partial charge in [0.05, 0.1) is 12.0 Å². The lowest BCUT2D eigenvalue weighted by Gasteiger charge is -2.20. The SMILES string of the molecule is Cc1csc(CNC(=O)C2(C)CCNC2)n1. The van der Waals surface area contributed by atoms with Gasteiger partial charge in [0.15, 0.2) is 0 Å². The molecule has 5 heteroatoms. The number of nitrogens with one attached hydrogen (secondary N) is 2. The van der Waals surface area contributed by atoms with Crippen molar-refractivity contribution in [3.05, 3.63) is 16.1 Å². The molecule has 2 N–H and O–H groups in total. The van der Waals surface area contributed by atoms with Crippen LogP contribution in [0.15, 0.2) is 5.38 Å². The maximum absolute atomic E-state index is 12.0. The number of carbonyl (C=O) groups is 1. The first-order chi connectivity index (χ1) is 7.60. The number of rotatable bonds is 3. The Morgan fingerprint density at radius 1 is 1.75 bits per heavy atom. The zero-order valence-corrected chi connectivity index (χ0v) is 10.5. The van der Waals surface area contributed by atoms with Gasteiger partial charge in [-0.05, 0) is 26.8 Å². The van der Waals surface area contributed by atoms with E-state index in [1.165, 1.54) is 0 Å². The van der Waals surface area contributed by atoms with E-state index in [1.807, 2.05) is 19.2 Å². The summed E-state index contributed by atoms with van der Waals surface area (Å²) in [5, 5.41) is 9.16. The number of carbonyl (C=O) groups excluding carboxylic acids is 1. The molecule has 1 aliphatic rings. The van der Waals surface area contributed by atoms with Crippen LogP contribution >= 0.6 is 11.3 Å². The first kappa shape index (κ1) is 11.5. The van der Waals surface area contributed by atoms with Crippen LogP contribution in [0.1, 0.15) is 24.0 Å². The molecule has 0 bridgehead atoms. The molecule has 2 rings (SSSR count). The Bertz CT molecular complexity index is 382. The molecule has 0 radical (unpaired) electrons. The Morgan fingerprint density at radius 2 is 2.56 bits per heavy atom. The van der Waals surface area contributed by atoms with E-state index in [4.69, 9.17) is 0 Å². The minimum atomic E-state index is -0.244. The standard InChI is InChI=1S/C11H17N3OS/c1-8-6-16-9(14-8)5-13-10(15)11(2)3-4-12-7-11/h6,12H,3-5,7H2,1-2H3,(H,13,15). The van der Waals surface area contributed by atoms with Crippen LogP contribution in [0.5, 0.6) is 0 Å². The third-order valence-electron chi connectivity index (χ3n) is 2.98. The van der Waals surface area contributed by atoms with Crippen LogP contribution in [-0.4, -0.2) is 24.0 Å². The lowest BCUT2D eigenvalue weighted by atomic mass is 9.89. The molecule has 1 aliphatic heterocycles. The van der Waals surface area contributed by atoms with Crippen LogP contribution in [0.25, 0.3) is 0 Å². The molecule has 4 nitrogen and oxygen atoms in total. The minimum Gasteiger partial charge on any atom is -0.349 e. The molecule has 1 aromatic rings. The monoisotopic (exact) mass is 239 g/mol. The molecule has 1 unspecified atom stereocenters. The molecule has 0 spiro atoms. The average molecular weight is 239 g/mol. The van der Waals surface area contributed by atoms with E-state index in [2.05, 4.69) is 15.6 Å². The van der Waals surface area contributed by atoms with E-state index in [-0.39, 0.29) is 11.3 Å². The summed E-state index contributed by atoms with van der Waals surface area (Å²) in [6, 6.07) is 0. The molecule has 1 aromatic heterocycles. The fourth-order valence-corrected chi connectivity index (χ4v) is 2.58. The minimum absolute atomic E-state index is 0.130. The summed E-state index contributed by atoms with van der Waals surface area (Å²) >= 11 is 1.59. The largest absolute Gasteiger partial charge is 0.349 e. The molecule has 1 atom stereocenters. The van der Waals surface area contributed by atoms with Gasteiger partial charge in [-0.15, -0.1) is 11.3 Å². The Hall–Kier alpha value is -0.940. The Morgan fingerprint density at radius 3 is 3.12 bits per heavy atom. The van der Waals surface area contributed by atoms with Crippen molar-refractivity contribution in [1.29, 1.82) is 0 Å². The van der Waals surface area contributed by atoms with Crippen molar-refractivity contribution < 1.29 is 4.79 Å². The number of nitrogens with zero attached hydrogens (tertiary/aromatic N) is 1. The van der Waals surface area contributed by atoms with Crippen LogP contribution in [0.2, 0.25) is 0 Å². The normalized spacial score (nSPS) is 24.6. The highest BCUT2D eigenvalue weighted by molar-refractivity contribution is 7.09. The second-order valence-corrected chi connectivity index (χ2v) is 5.50. The number of aryl methyl sites for hydroxylation is 1. The highest BCUT2D eigenvalue weighted by Gasteiger charge is 2.35. The van der Waals surface area contributed by atoms with Crippen molar-refractivity contribution in [2.24, 2.45) is 5.41 Å². The molecule has 0 aromatic carbocycles. The Kier molecular flexibility index (Phi) is 3.25. The molecule has 1 saturated heterocycles. The predicted octanol–water partition coefficient (Wildman–Crippen LogP) is 1.07. The van der Waals surface area contributed by atoms with Crippen molar-refractivity contribution in [3.8, 4) is 0 Å². The first-order valence-corrected chi connectivity index (χ1v) is 6.38. The first-order valence-electron chi connectivity index (χ1n) is 5.50. The maximum Gasteiger partial charge on any atom is 0.227 e. The van der Waals surface area contributed by atoms with E-state index in [9.17, 15) is 4.79 Å². The topological polar surface area (TPSA) is 54.0 Å². The molecule has 1 fully saturated rings. The Labute approximate surface area is 99.5 Å². The lowest BCUT2D eigenvalue weighted by Crippen LogP contribution is -2.39. The van der Waals surface area contributed by atoms with Crippen LogP contribution in [0, 0.1) is 12.3 Å². The highest BCUT2D eigenvalue weighted by atomic mass is 32.1.